The van der Waals surface area contributed by atoms with Gasteiger partial charge in [0.05, 0.1) is 6.26 Å². The molecule has 4 aromatic rings. The standard InChI is InChI=1S/C22H27N7O4/c1-14-15(2)29-17-18(24(3)22(32)25(4)20(17)31)23-21(29)28(14)12-9-26-7-10-27(11-8-26)19(30)16-6-5-13-33-16/h5-6,13H,7-12H2,1-4H3. The number of aromatic nitrogens is 5. The molecule has 0 N–H and O–H groups in total. The van der Waals surface area contributed by atoms with E-state index in [1.54, 1.807) is 19.2 Å². The smallest absolute Gasteiger partial charge is 0.332 e. The molecule has 0 bridgehead atoms. The lowest BCUT2D eigenvalue weighted by atomic mass is 10.3. The summed E-state index contributed by atoms with van der Waals surface area (Å²) < 4.78 is 11.7. The van der Waals surface area contributed by atoms with E-state index in [0.29, 0.717) is 42.3 Å². The lowest BCUT2D eigenvalue weighted by Crippen LogP contribution is -2.49. The van der Waals surface area contributed by atoms with E-state index in [-0.39, 0.29) is 11.5 Å². The molecule has 0 radical (unpaired) electrons. The van der Waals surface area contributed by atoms with Crippen LogP contribution in [0.25, 0.3) is 16.9 Å². The van der Waals surface area contributed by atoms with E-state index >= 15 is 0 Å². The fraction of sp³-hybridized carbons (Fsp3) is 0.455. The van der Waals surface area contributed by atoms with Crippen molar-refractivity contribution in [1.29, 1.82) is 0 Å². The molecule has 1 fully saturated rings. The minimum absolute atomic E-state index is 0.0745. The molecule has 0 spiro atoms. The molecule has 4 aromatic heterocycles. The fourth-order valence-corrected chi connectivity index (χ4v) is 4.63. The summed E-state index contributed by atoms with van der Waals surface area (Å²) in [4.78, 5) is 46.5. The highest BCUT2D eigenvalue weighted by atomic mass is 16.3. The van der Waals surface area contributed by atoms with Gasteiger partial charge in [0.25, 0.3) is 11.5 Å². The van der Waals surface area contributed by atoms with E-state index < -0.39 is 5.69 Å². The Labute approximate surface area is 189 Å². The molecule has 1 aliphatic rings. The predicted octanol–water partition coefficient (Wildman–Crippen LogP) is 0.354. The van der Waals surface area contributed by atoms with Crippen LogP contribution in [0.15, 0.2) is 32.4 Å². The van der Waals surface area contributed by atoms with Crippen LogP contribution in [0.3, 0.4) is 0 Å². The largest absolute Gasteiger partial charge is 0.459 e. The van der Waals surface area contributed by atoms with Gasteiger partial charge in [-0.25, -0.2) is 4.79 Å². The van der Waals surface area contributed by atoms with Crippen molar-refractivity contribution in [2.24, 2.45) is 14.1 Å². The summed E-state index contributed by atoms with van der Waals surface area (Å²) >= 11 is 0. The molecular weight excluding hydrogens is 426 g/mol. The molecule has 5 heterocycles. The van der Waals surface area contributed by atoms with E-state index in [0.717, 1.165) is 35.6 Å². The second-order valence-corrected chi connectivity index (χ2v) is 8.56. The zero-order chi connectivity index (χ0) is 23.4. The first-order chi connectivity index (χ1) is 15.8. The Morgan fingerprint density at radius 2 is 1.76 bits per heavy atom. The lowest BCUT2D eigenvalue weighted by Gasteiger charge is -2.34. The fourth-order valence-electron chi connectivity index (χ4n) is 4.63. The van der Waals surface area contributed by atoms with Gasteiger partial charge in [0.15, 0.2) is 16.9 Å². The van der Waals surface area contributed by atoms with E-state index in [4.69, 9.17) is 4.42 Å². The summed E-state index contributed by atoms with van der Waals surface area (Å²) in [5, 5.41) is 0. The maximum absolute atomic E-state index is 12.9. The van der Waals surface area contributed by atoms with E-state index in [1.165, 1.54) is 17.9 Å². The van der Waals surface area contributed by atoms with E-state index in [1.807, 2.05) is 23.1 Å². The molecule has 174 valence electrons. The quantitative estimate of drug-likeness (QED) is 0.442. The zero-order valence-electron chi connectivity index (χ0n) is 19.2. The highest BCUT2D eigenvalue weighted by Crippen LogP contribution is 2.21. The average Bonchev–Trinajstić information content (AvgIpc) is 3.54. The van der Waals surface area contributed by atoms with Gasteiger partial charge in [-0.3, -0.25) is 28.0 Å². The van der Waals surface area contributed by atoms with Crippen LogP contribution in [0.5, 0.6) is 0 Å². The molecule has 0 aromatic carbocycles. The SMILES string of the molecule is Cc1c(C)n2c3c(=O)n(C)c(=O)n(C)c3nc2n1CCN1CCN(C(=O)c2ccco2)CC1. The maximum atomic E-state index is 12.9. The van der Waals surface area contributed by atoms with Crippen molar-refractivity contribution in [1.82, 2.24) is 32.9 Å². The number of fused-ring (bicyclic) bond motifs is 3. The normalized spacial score (nSPS) is 15.2. The number of piperazine rings is 1. The van der Waals surface area contributed by atoms with Gasteiger partial charge in [-0.15, -0.1) is 0 Å². The molecule has 1 amide bonds. The summed E-state index contributed by atoms with van der Waals surface area (Å²) in [6.07, 6.45) is 1.51. The topological polar surface area (TPSA) is 103 Å². The third-order valence-corrected chi connectivity index (χ3v) is 6.78. The third kappa shape index (κ3) is 3.22. The summed E-state index contributed by atoms with van der Waals surface area (Å²) in [5.74, 6) is 0.954. The van der Waals surface area contributed by atoms with E-state index in [2.05, 4.69) is 14.5 Å². The first-order valence-electron chi connectivity index (χ1n) is 11.0. The molecular formula is C22H27N7O4. The Bertz CT molecular complexity index is 1480. The number of carbonyl (C=O) groups excluding carboxylic acids is 1. The second-order valence-electron chi connectivity index (χ2n) is 8.56. The van der Waals surface area contributed by atoms with E-state index in [9.17, 15) is 14.4 Å². The summed E-state index contributed by atoms with van der Waals surface area (Å²) in [6.45, 7) is 8.28. The van der Waals surface area contributed by atoms with Gasteiger partial charge in [0, 0.05) is 64.8 Å². The molecule has 11 heteroatoms. The highest BCUT2D eigenvalue weighted by molar-refractivity contribution is 5.91. The number of hydrogen-bond acceptors (Lipinski definition) is 6. The molecule has 33 heavy (non-hydrogen) atoms. The number of rotatable bonds is 4. The summed E-state index contributed by atoms with van der Waals surface area (Å²) in [6, 6.07) is 3.41. The van der Waals surface area contributed by atoms with Crippen LogP contribution >= 0.6 is 0 Å². The van der Waals surface area contributed by atoms with Gasteiger partial charge in [-0.1, -0.05) is 0 Å². The Hall–Kier alpha value is -3.60. The van der Waals surface area contributed by atoms with Crippen molar-refractivity contribution in [3.63, 3.8) is 0 Å². The van der Waals surface area contributed by atoms with Crippen molar-refractivity contribution < 1.29 is 9.21 Å². The second kappa shape index (κ2) is 7.77. The Kier molecular flexibility index (Phi) is 5.00. The highest BCUT2D eigenvalue weighted by Gasteiger charge is 2.25. The van der Waals surface area contributed by atoms with Crippen molar-refractivity contribution in [2.75, 3.05) is 32.7 Å². The van der Waals surface area contributed by atoms with Gasteiger partial charge < -0.3 is 13.9 Å². The molecule has 1 saturated heterocycles. The molecule has 1 aliphatic heterocycles. The first kappa shape index (κ1) is 21.3. The molecule has 0 atom stereocenters. The molecule has 11 nitrogen and oxygen atoms in total. The third-order valence-electron chi connectivity index (χ3n) is 6.78. The Morgan fingerprint density at radius 3 is 2.42 bits per heavy atom. The molecule has 0 aliphatic carbocycles. The number of hydrogen-bond donors (Lipinski definition) is 0. The number of furan rings is 1. The summed E-state index contributed by atoms with van der Waals surface area (Å²) in [7, 11) is 3.12. The van der Waals surface area contributed by atoms with Crippen LogP contribution in [-0.4, -0.2) is 71.5 Å². The van der Waals surface area contributed by atoms with Crippen molar-refractivity contribution in [3.05, 3.63) is 56.4 Å². The van der Waals surface area contributed by atoms with Crippen LogP contribution in [0, 0.1) is 13.8 Å². The first-order valence-corrected chi connectivity index (χ1v) is 11.0. The maximum Gasteiger partial charge on any atom is 0.332 e. The Morgan fingerprint density at radius 1 is 1.03 bits per heavy atom. The van der Waals surface area contributed by atoms with Crippen LogP contribution < -0.4 is 11.2 Å². The van der Waals surface area contributed by atoms with Crippen LogP contribution in [0.4, 0.5) is 0 Å². The molecule has 5 rings (SSSR count). The molecule has 0 saturated carbocycles. The van der Waals surface area contributed by atoms with Gasteiger partial charge in [-0.05, 0) is 26.0 Å². The van der Waals surface area contributed by atoms with Gasteiger partial charge in [-0.2, -0.15) is 4.98 Å². The summed E-state index contributed by atoms with van der Waals surface area (Å²) in [5.41, 5.74) is 2.02. The van der Waals surface area contributed by atoms with Crippen LogP contribution in [0.2, 0.25) is 0 Å². The number of carbonyl (C=O) groups is 1. The monoisotopic (exact) mass is 453 g/mol. The van der Waals surface area contributed by atoms with Crippen molar-refractivity contribution in [3.8, 4) is 0 Å². The number of nitrogens with zero attached hydrogens (tertiary/aromatic N) is 7. The van der Waals surface area contributed by atoms with Crippen LogP contribution in [0.1, 0.15) is 21.9 Å². The minimum atomic E-state index is -0.392. The number of aryl methyl sites for hydroxylation is 2. The number of amides is 1. The zero-order valence-corrected chi connectivity index (χ0v) is 19.2. The van der Waals surface area contributed by atoms with Gasteiger partial charge >= 0.3 is 5.69 Å². The van der Waals surface area contributed by atoms with Crippen LogP contribution in [-0.2, 0) is 20.6 Å². The number of imidazole rings is 2. The Balaban J connectivity index is 1.38. The van der Waals surface area contributed by atoms with Gasteiger partial charge in [0.2, 0.25) is 5.78 Å². The lowest BCUT2D eigenvalue weighted by molar-refractivity contribution is 0.0602. The van der Waals surface area contributed by atoms with Crippen molar-refractivity contribution >= 4 is 22.8 Å². The molecule has 0 unspecified atom stereocenters. The predicted molar refractivity (Wildman–Crippen MR) is 122 cm³/mol. The van der Waals surface area contributed by atoms with Crippen molar-refractivity contribution in [2.45, 2.75) is 20.4 Å². The average molecular weight is 454 g/mol. The van der Waals surface area contributed by atoms with Gasteiger partial charge in [0.1, 0.15) is 0 Å². The minimum Gasteiger partial charge on any atom is -0.459 e.